The van der Waals surface area contributed by atoms with Gasteiger partial charge in [0.05, 0.1) is 6.61 Å². The highest BCUT2D eigenvalue weighted by Gasteiger charge is 2.11. The van der Waals surface area contributed by atoms with Gasteiger partial charge in [-0.05, 0) is 44.2 Å². The van der Waals surface area contributed by atoms with Crippen LogP contribution < -0.4 is 15.4 Å². The summed E-state index contributed by atoms with van der Waals surface area (Å²) in [5.41, 5.74) is 2.12. The van der Waals surface area contributed by atoms with E-state index in [1.165, 1.54) is 5.57 Å². The zero-order valence-corrected chi connectivity index (χ0v) is 15.0. The van der Waals surface area contributed by atoms with Crippen LogP contribution in [-0.2, 0) is 11.2 Å². The minimum atomic E-state index is -0.00903. The van der Waals surface area contributed by atoms with Crippen molar-refractivity contribution in [3.63, 3.8) is 0 Å². The molecule has 1 aromatic carbocycles. The zero-order valence-electron chi connectivity index (χ0n) is 15.0. The summed E-state index contributed by atoms with van der Waals surface area (Å²) in [6.07, 6.45) is 3.87. The maximum absolute atomic E-state index is 12.0. The van der Waals surface area contributed by atoms with Gasteiger partial charge in [0.1, 0.15) is 5.75 Å². The third-order valence-corrected chi connectivity index (χ3v) is 4.13. The molecule has 0 aliphatic carbocycles. The number of ether oxygens (including phenoxy) is 1. The molecule has 7 heteroatoms. The number of benzene rings is 1. The van der Waals surface area contributed by atoms with E-state index >= 15 is 0 Å². The summed E-state index contributed by atoms with van der Waals surface area (Å²) in [5.74, 6) is 1.78. The molecule has 0 spiro atoms. The van der Waals surface area contributed by atoms with Gasteiger partial charge in [0.2, 0.25) is 17.6 Å². The minimum absolute atomic E-state index is 0.00903. The quantitative estimate of drug-likeness (QED) is 0.704. The molecule has 0 atom stereocenters. The molecule has 26 heavy (non-hydrogen) atoms. The van der Waals surface area contributed by atoms with Crippen LogP contribution in [0.3, 0.4) is 0 Å². The molecule has 1 aromatic heterocycles. The van der Waals surface area contributed by atoms with Crippen molar-refractivity contribution in [2.45, 2.75) is 26.2 Å². The van der Waals surface area contributed by atoms with Crippen LogP contribution in [0.1, 0.15) is 25.7 Å². The van der Waals surface area contributed by atoms with Crippen LogP contribution >= 0.6 is 0 Å². The second-order valence-corrected chi connectivity index (χ2v) is 6.06. The van der Waals surface area contributed by atoms with E-state index in [1.54, 1.807) is 0 Å². The Morgan fingerprint density at radius 3 is 2.92 bits per heavy atom. The number of aromatic nitrogens is 2. The normalized spacial score (nSPS) is 14.0. The third kappa shape index (κ3) is 5.16. The van der Waals surface area contributed by atoms with E-state index in [0.717, 1.165) is 30.8 Å². The first kappa shape index (κ1) is 18.1. The van der Waals surface area contributed by atoms with E-state index in [4.69, 9.17) is 9.26 Å². The fourth-order valence-electron chi connectivity index (χ4n) is 2.69. The fraction of sp³-hybridized carbons (Fsp3) is 0.421. The average Bonchev–Trinajstić information content (AvgIpc) is 3.15. The molecule has 7 nitrogen and oxygen atoms in total. The van der Waals surface area contributed by atoms with Gasteiger partial charge in [-0.25, -0.2) is 0 Å². The number of rotatable bonds is 8. The van der Waals surface area contributed by atoms with Gasteiger partial charge < -0.3 is 19.9 Å². The van der Waals surface area contributed by atoms with E-state index in [9.17, 15) is 4.79 Å². The van der Waals surface area contributed by atoms with Crippen molar-refractivity contribution in [3.05, 3.63) is 41.8 Å². The predicted molar refractivity (Wildman–Crippen MR) is 97.8 cm³/mol. The van der Waals surface area contributed by atoms with Crippen LogP contribution in [-0.4, -0.2) is 42.3 Å². The largest absolute Gasteiger partial charge is 0.494 e. The number of carbonyl (C=O) groups excluding carboxylic acids is 1. The topological polar surface area (TPSA) is 89.3 Å². The Morgan fingerprint density at radius 2 is 2.19 bits per heavy atom. The van der Waals surface area contributed by atoms with E-state index in [2.05, 4.69) is 26.9 Å². The van der Waals surface area contributed by atoms with Crippen molar-refractivity contribution in [1.29, 1.82) is 0 Å². The summed E-state index contributed by atoms with van der Waals surface area (Å²) in [6.45, 7) is 5.03. The Hall–Kier alpha value is -2.67. The summed E-state index contributed by atoms with van der Waals surface area (Å²) in [5, 5.41) is 10.2. The van der Waals surface area contributed by atoms with Crippen molar-refractivity contribution in [2.75, 3.05) is 26.2 Å². The Labute approximate surface area is 152 Å². The van der Waals surface area contributed by atoms with E-state index < -0.39 is 0 Å². The SMILES string of the molecule is CCOc1ccc(-c2noc(CCC(=O)NCC3=CCNCC3)n2)cc1. The van der Waals surface area contributed by atoms with Crippen LogP contribution in [0, 0.1) is 0 Å². The number of nitrogens with one attached hydrogen (secondary N) is 2. The number of amides is 1. The molecule has 0 saturated heterocycles. The summed E-state index contributed by atoms with van der Waals surface area (Å²) in [7, 11) is 0. The first-order valence-electron chi connectivity index (χ1n) is 8.95. The molecule has 138 valence electrons. The monoisotopic (exact) mass is 356 g/mol. The molecular formula is C19H24N4O3. The maximum Gasteiger partial charge on any atom is 0.227 e. The summed E-state index contributed by atoms with van der Waals surface area (Å²) < 4.78 is 10.7. The van der Waals surface area contributed by atoms with E-state index in [1.807, 2.05) is 31.2 Å². The van der Waals surface area contributed by atoms with Crippen molar-refractivity contribution in [2.24, 2.45) is 0 Å². The molecule has 0 saturated carbocycles. The first-order valence-corrected chi connectivity index (χ1v) is 8.95. The second kappa shape index (κ2) is 9.15. The van der Waals surface area contributed by atoms with Crippen molar-refractivity contribution < 1.29 is 14.1 Å². The number of hydrogen-bond donors (Lipinski definition) is 2. The van der Waals surface area contributed by atoms with Crippen LogP contribution in [0.2, 0.25) is 0 Å². The van der Waals surface area contributed by atoms with Gasteiger partial charge in [-0.1, -0.05) is 16.8 Å². The standard InChI is InChI=1S/C19H24N4O3/c1-2-25-16-5-3-15(4-6-16)19-22-18(26-23-19)8-7-17(24)21-13-14-9-11-20-12-10-14/h3-6,9,20H,2,7-8,10-13H2,1H3,(H,21,24). The predicted octanol–water partition coefficient (Wildman–Crippen LogP) is 2.10. The second-order valence-electron chi connectivity index (χ2n) is 6.06. The Balaban J connectivity index is 1.47. The van der Waals surface area contributed by atoms with Crippen molar-refractivity contribution >= 4 is 5.91 Å². The smallest absolute Gasteiger partial charge is 0.227 e. The highest BCUT2D eigenvalue weighted by molar-refractivity contribution is 5.76. The number of aryl methyl sites for hydroxylation is 1. The van der Waals surface area contributed by atoms with Crippen molar-refractivity contribution in [3.8, 4) is 17.1 Å². The van der Waals surface area contributed by atoms with Gasteiger partial charge in [0.25, 0.3) is 0 Å². The fourth-order valence-corrected chi connectivity index (χ4v) is 2.69. The minimum Gasteiger partial charge on any atom is -0.494 e. The number of carbonyl (C=O) groups is 1. The van der Waals surface area contributed by atoms with E-state index in [-0.39, 0.29) is 5.91 Å². The number of nitrogens with zero attached hydrogens (tertiary/aromatic N) is 2. The molecule has 0 bridgehead atoms. The number of hydrogen-bond acceptors (Lipinski definition) is 6. The molecule has 0 fully saturated rings. The van der Waals surface area contributed by atoms with Gasteiger partial charge in [-0.3, -0.25) is 4.79 Å². The lowest BCUT2D eigenvalue weighted by Gasteiger charge is -2.14. The molecule has 0 radical (unpaired) electrons. The molecule has 3 rings (SSSR count). The summed E-state index contributed by atoms with van der Waals surface area (Å²) >= 11 is 0. The Morgan fingerprint density at radius 1 is 1.35 bits per heavy atom. The average molecular weight is 356 g/mol. The van der Waals surface area contributed by atoms with Crippen LogP contribution in [0.5, 0.6) is 5.75 Å². The molecule has 2 N–H and O–H groups in total. The summed E-state index contributed by atoms with van der Waals surface area (Å²) in [4.78, 5) is 16.3. The molecule has 2 aromatic rings. The van der Waals surface area contributed by atoms with Crippen LogP contribution in [0.4, 0.5) is 0 Å². The maximum atomic E-state index is 12.0. The van der Waals surface area contributed by atoms with Gasteiger partial charge in [-0.2, -0.15) is 4.98 Å². The zero-order chi connectivity index (χ0) is 18.2. The lowest BCUT2D eigenvalue weighted by Crippen LogP contribution is -2.29. The summed E-state index contributed by atoms with van der Waals surface area (Å²) in [6, 6.07) is 7.52. The van der Waals surface area contributed by atoms with Gasteiger partial charge in [0.15, 0.2) is 0 Å². The lowest BCUT2D eigenvalue weighted by molar-refractivity contribution is -0.121. The molecule has 2 heterocycles. The van der Waals surface area contributed by atoms with Crippen LogP contribution in [0.25, 0.3) is 11.4 Å². The van der Waals surface area contributed by atoms with Gasteiger partial charge >= 0.3 is 0 Å². The molecule has 1 aliphatic heterocycles. The molecular weight excluding hydrogens is 332 g/mol. The molecule has 1 amide bonds. The first-order chi connectivity index (χ1) is 12.7. The molecule has 0 unspecified atom stereocenters. The van der Waals surface area contributed by atoms with Crippen molar-refractivity contribution in [1.82, 2.24) is 20.8 Å². The van der Waals surface area contributed by atoms with Gasteiger partial charge in [0, 0.05) is 31.5 Å². The van der Waals surface area contributed by atoms with E-state index in [0.29, 0.717) is 37.7 Å². The van der Waals surface area contributed by atoms with Gasteiger partial charge in [-0.15, -0.1) is 0 Å². The third-order valence-electron chi connectivity index (χ3n) is 4.13. The Bertz CT molecular complexity index is 752. The lowest BCUT2D eigenvalue weighted by atomic mass is 10.1. The highest BCUT2D eigenvalue weighted by Crippen LogP contribution is 2.20. The highest BCUT2D eigenvalue weighted by atomic mass is 16.5. The Kier molecular flexibility index (Phi) is 6.38. The molecule has 1 aliphatic rings. The van der Waals surface area contributed by atoms with Crippen LogP contribution in [0.15, 0.2) is 40.4 Å².